The van der Waals surface area contributed by atoms with Crippen molar-refractivity contribution >= 4 is 17.4 Å². The Balaban J connectivity index is 1.88. The molecule has 6 heteroatoms. The van der Waals surface area contributed by atoms with E-state index in [1.807, 2.05) is 6.07 Å². The Hall–Kier alpha value is -3.15. The number of rotatable bonds is 4. The molecule has 1 atom stereocenters. The molecule has 5 nitrogen and oxygen atoms in total. The summed E-state index contributed by atoms with van der Waals surface area (Å²) in [5.74, 6) is 0.405. The second kappa shape index (κ2) is 7.70. The van der Waals surface area contributed by atoms with E-state index in [-0.39, 0.29) is 23.9 Å². The van der Waals surface area contributed by atoms with Gasteiger partial charge in [0.25, 0.3) is 0 Å². The summed E-state index contributed by atoms with van der Waals surface area (Å²) in [6.07, 6.45) is 1.89. The lowest BCUT2D eigenvalue weighted by atomic mass is 9.76. The summed E-state index contributed by atoms with van der Waals surface area (Å²) >= 11 is 0. The van der Waals surface area contributed by atoms with E-state index in [1.54, 1.807) is 43.4 Å². The van der Waals surface area contributed by atoms with E-state index >= 15 is 0 Å². The van der Waals surface area contributed by atoms with E-state index in [0.29, 0.717) is 47.7 Å². The Kier molecular flexibility index (Phi) is 5.09. The molecule has 1 unspecified atom stereocenters. The maximum atomic E-state index is 13.4. The molecule has 1 aliphatic carbocycles. The van der Waals surface area contributed by atoms with Gasteiger partial charge in [-0.1, -0.05) is 0 Å². The summed E-state index contributed by atoms with van der Waals surface area (Å²) < 4.78 is 24.3. The van der Waals surface area contributed by atoms with E-state index in [4.69, 9.17) is 9.47 Å². The zero-order chi connectivity index (χ0) is 20.5. The van der Waals surface area contributed by atoms with Gasteiger partial charge in [0, 0.05) is 41.3 Å². The first-order valence-corrected chi connectivity index (χ1v) is 9.60. The maximum Gasteiger partial charge on any atom is 0.232 e. The molecule has 1 heterocycles. The molecule has 2 aromatic carbocycles. The normalized spacial score (nSPS) is 19.3. The predicted molar refractivity (Wildman–Crippen MR) is 107 cm³/mol. The van der Waals surface area contributed by atoms with Crippen molar-refractivity contribution in [2.24, 2.45) is 0 Å². The van der Waals surface area contributed by atoms with Crippen molar-refractivity contribution in [1.82, 2.24) is 0 Å². The van der Waals surface area contributed by atoms with Crippen LogP contribution < -0.4 is 14.4 Å². The first-order valence-electron chi connectivity index (χ1n) is 9.60. The minimum absolute atomic E-state index is 0.0423. The fourth-order valence-corrected chi connectivity index (χ4v) is 4.26. The third kappa shape index (κ3) is 3.39. The van der Waals surface area contributed by atoms with Crippen LogP contribution in [0, 0.1) is 5.82 Å². The largest absolute Gasteiger partial charge is 0.497 e. The van der Waals surface area contributed by atoms with Crippen molar-refractivity contribution in [3.63, 3.8) is 0 Å². The molecule has 2 aromatic rings. The first-order chi connectivity index (χ1) is 14.0. The molecule has 0 fully saturated rings. The molecule has 0 saturated carbocycles. The lowest BCUT2D eigenvalue weighted by Crippen LogP contribution is -2.40. The molecule has 1 aliphatic heterocycles. The molecular weight excluding hydrogens is 373 g/mol. The summed E-state index contributed by atoms with van der Waals surface area (Å²) in [6, 6.07) is 11.2. The number of ketones is 1. The van der Waals surface area contributed by atoms with Crippen LogP contribution in [0.15, 0.2) is 53.7 Å². The van der Waals surface area contributed by atoms with Gasteiger partial charge in [-0.3, -0.25) is 14.5 Å². The summed E-state index contributed by atoms with van der Waals surface area (Å²) in [5, 5.41) is 0. The fourth-order valence-electron chi connectivity index (χ4n) is 4.26. The Morgan fingerprint density at radius 3 is 2.45 bits per heavy atom. The molecule has 0 bridgehead atoms. The topological polar surface area (TPSA) is 55.8 Å². The van der Waals surface area contributed by atoms with Crippen LogP contribution in [0.3, 0.4) is 0 Å². The highest BCUT2D eigenvalue weighted by atomic mass is 19.1. The number of allylic oxidation sites excluding steroid dienone is 2. The minimum atomic E-state index is -0.396. The number of Topliss-reactive ketones (excluding diaryl/α,β-unsaturated/α-hetero) is 1. The number of carbonyl (C=O) groups is 2. The van der Waals surface area contributed by atoms with Gasteiger partial charge in [0.1, 0.15) is 17.3 Å². The molecule has 0 radical (unpaired) electrons. The highest BCUT2D eigenvalue weighted by molar-refractivity contribution is 6.07. The molecule has 0 spiro atoms. The minimum Gasteiger partial charge on any atom is -0.497 e. The number of halogens is 1. The van der Waals surface area contributed by atoms with Crippen LogP contribution in [0.5, 0.6) is 11.5 Å². The quantitative estimate of drug-likeness (QED) is 0.771. The van der Waals surface area contributed by atoms with Gasteiger partial charge in [-0.25, -0.2) is 4.39 Å². The number of benzene rings is 2. The van der Waals surface area contributed by atoms with Gasteiger partial charge in [0.2, 0.25) is 5.91 Å². The molecule has 4 rings (SSSR count). The van der Waals surface area contributed by atoms with Crippen molar-refractivity contribution in [3.8, 4) is 11.5 Å². The standard InChI is InChI=1S/C23H22FNO4/c1-28-16-10-11-21(29-2)17(12-16)18-13-22(27)25(15-8-6-14(24)7-9-15)19-4-3-5-20(26)23(18)19/h6-12,18H,3-5,13H2,1-2H3. The van der Waals surface area contributed by atoms with Crippen molar-refractivity contribution < 1.29 is 23.5 Å². The SMILES string of the molecule is COc1ccc(OC)c(C2CC(=O)N(c3ccc(F)cc3)C3=C2C(=O)CCC3)c1. The van der Waals surface area contributed by atoms with Gasteiger partial charge in [0.15, 0.2) is 5.78 Å². The van der Waals surface area contributed by atoms with Crippen LogP contribution in [-0.2, 0) is 9.59 Å². The fraction of sp³-hybridized carbons (Fsp3) is 0.304. The van der Waals surface area contributed by atoms with E-state index in [1.165, 1.54) is 12.1 Å². The highest BCUT2D eigenvalue weighted by Gasteiger charge is 2.40. The smallest absolute Gasteiger partial charge is 0.232 e. The number of methoxy groups -OCH3 is 2. The molecule has 0 N–H and O–H groups in total. The van der Waals surface area contributed by atoms with Crippen LogP contribution in [-0.4, -0.2) is 25.9 Å². The van der Waals surface area contributed by atoms with Gasteiger partial charge in [-0.2, -0.15) is 0 Å². The van der Waals surface area contributed by atoms with Crippen LogP contribution in [0.1, 0.15) is 37.2 Å². The maximum absolute atomic E-state index is 13.4. The van der Waals surface area contributed by atoms with Gasteiger partial charge >= 0.3 is 0 Å². The van der Waals surface area contributed by atoms with Gasteiger partial charge in [-0.15, -0.1) is 0 Å². The average molecular weight is 395 g/mol. The Bertz CT molecular complexity index is 996. The zero-order valence-corrected chi connectivity index (χ0v) is 16.4. The van der Waals surface area contributed by atoms with Crippen LogP contribution in [0.4, 0.5) is 10.1 Å². The molecule has 29 heavy (non-hydrogen) atoms. The number of anilines is 1. The van der Waals surface area contributed by atoms with Crippen LogP contribution in [0.25, 0.3) is 0 Å². The molecule has 0 saturated heterocycles. The summed E-state index contributed by atoms with van der Waals surface area (Å²) in [5.41, 5.74) is 2.70. The van der Waals surface area contributed by atoms with Crippen molar-refractivity contribution in [1.29, 1.82) is 0 Å². The van der Waals surface area contributed by atoms with Crippen LogP contribution in [0.2, 0.25) is 0 Å². The zero-order valence-electron chi connectivity index (χ0n) is 16.4. The Morgan fingerprint density at radius 2 is 1.76 bits per heavy atom. The average Bonchev–Trinajstić information content (AvgIpc) is 2.73. The van der Waals surface area contributed by atoms with Crippen LogP contribution >= 0.6 is 0 Å². The van der Waals surface area contributed by atoms with E-state index in [9.17, 15) is 14.0 Å². The number of nitrogens with zero attached hydrogens (tertiary/aromatic N) is 1. The number of amides is 1. The Morgan fingerprint density at radius 1 is 1.00 bits per heavy atom. The third-order valence-corrected chi connectivity index (χ3v) is 5.57. The van der Waals surface area contributed by atoms with Gasteiger partial charge in [-0.05, 0) is 55.3 Å². The molecular formula is C23H22FNO4. The molecule has 1 amide bonds. The number of hydrogen-bond donors (Lipinski definition) is 0. The second-order valence-corrected chi connectivity index (χ2v) is 7.21. The van der Waals surface area contributed by atoms with E-state index in [2.05, 4.69) is 0 Å². The lowest BCUT2D eigenvalue weighted by Gasteiger charge is -2.38. The summed E-state index contributed by atoms with van der Waals surface area (Å²) in [7, 11) is 3.14. The number of carbonyl (C=O) groups excluding carboxylic acids is 2. The second-order valence-electron chi connectivity index (χ2n) is 7.21. The monoisotopic (exact) mass is 395 g/mol. The molecule has 2 aliphatic rings. The predicted octanol–water partition coefficient (Wildman–Crippen LogP) is 4.37. The van der Waals surface area contributed by atoms with Gasteiger partial charge in [0.05, 0.1) is 14.2 Å². The van der Waals surface area contributed by atoms with Crippen molar-refractivity contribution in [3.05, 3.63) is 65.1 Å². The van der Waals surface area contributed by atoms with Crippen molar-refractivity contribution in [2.45, 2.75) is 31.6 Å². The third-order valence-electron chi connectivity index (χ3n) is 5.57. The van der Waals surface area contributed by atoms with Crippen molar-refractivity contribution in [2.75, 3.05) is 19.1 Å². The van der Waals surface area contributed by atoms with Gasteiger partial charge < -0.3 is 9.47 Å². The number of ether oxygens (including phenoxy) is 2. The first kappa shape index (κ1) is 19.2. The molecule has 150 valence electrons. The van der Waals surface area contributed by atoms with E-state index in [0.717, 1.165) is 5.56 Å². The summed E-state index contributed by atoms with van der Waals surface area (Å²) in [4.78, 5) is 27.7. The van der Waals surface area contributed by atoms with E-state index < -0.39 is 5.92 Å². The highest BCUT2D eigenvalue weighted by Crippen LogP contribution is 2.46. The Labute approximate surface area is 168 Å². The molecule has 0 aromatic heterocycles. The summed E-state index contributed by atoms with van der Waals surface area (Å²) in [6.45, 7) is 0. The lowest BCUT2D eigenvalue weighted by molar-refractivity contribution is -0.119. The number of hydrogen-bond acceptors (Lipinski definition) is 4.